The Bertz CT molecular complexity index is 885. The number of rotatable bonds is 6. The van der Waals surface area contributed by atoms with E-state index < -0.39 is 17.3 Å². The summed E-state index contributed by atoms with van der Waals surface area (Å²) in [4.78, 5) is 42.3. The molecular formula is C16H15ClN4O3. The van der Waals surface area contributed by atoms with Gasteiger partial charge >= 0.3 is 0 Å². The van der Waals surface area contributed by atoms with Crippen molar-refractivity contribution >= 4 is 34.2 Å². The van der Waals surface area contributed by atoms with E-state index in [0.29, 0.717) is 28.8 Å². The topological polar surface area (TPSA) is 116 Å². The molecule has 124 valence electrons. The zero-order chi connectivity index (χ0) is 17.7. The van der Waals surface area contributed by atoms with E-state index in [-0.39, 0.29) is 18.3 Å². The molecule has 0 aliphatic carbocycles. The van der Waals surface area contributed by atoms with Gasteiger partial charge in [-0.1, -0.05) is 18.5 Å². The maximum Gasteiger partial charge on any atom is 0.258 e. The molecule has 24 heavy (non-hydrogen) atoms. The molecule has 2 rings (SSSR count). The molecular weight excluding hydrogens is 332 g/mol. The van der Waals surface area contributed by atoms with Crippen LogP contribution in [0.2, 0.25) is 5.02 Å². The number of ketones is 1. The fraction of sp³-hybridized carbons (Fsp3) is 0.312. The van der Waals surface area contributed by atoms with Crippen LogP contribution in [0.5, 0.6) is 0 Å². The molecule has 2 aromatic rings. The van der Waals surface area contributed by atoms with E-state index >= 15 is 0 Å². The largest absolute Gasteiger partial charge is 0.349 e. The average Bonchev–Trinajstić information content (AvgIpc) is 2.53. The molecule has 1 aromatic carbocycles. The number of aromatic nitrogens is 2. The Balaban J connectivity index is 2.29. The predicted molar refractivity (Wildman–Crippen MR) is 88.7 cm³/mol. The number of carbonyl (C=O) groups is 2. The van der Waals surface area contributed by atoms with Crippen LogP contribution in [0.15, 0.2) is 23.0 Å². The van der Waals surface area contributed by atoms with Crippen molar-refractivity contribution in [2.45, 2.75) is 25.7 Å². The first-order valence-electron chi connectivity index (χ1n) is 7.34. The summed E-state index contributed by atoms with van der Waals surface area (Å²) in [6, 6.07) is 6.37. The highest BCUT2D eigenvalue weighted by molar-refractivity contribution is 6.31. The summed E-state index contributed by atoms with van der Waals surface area (Å²) in [5.41, 5.74) is -0.168. The predicted octanol–water partition coefficient (Wildman–Crippen LogP) is 1.67. The normalized spacial score (nSPS) is 11.7. The molecule has 0 aliphatic heterocycles. The van der Waals surface area contributed by atoms with Gasteiger partial charge < -0.3 is 10.3 Å². The molecule has 0 radical (unpaired) electrons. The molecule has 8 heteroatoms. The van der Waals surface area contributed by atoms with Crippen LogP contribution in [0.1, 0.15) is 31.5 Å². The quantitative estimate of drug-likeness (QED) is 0.825. The maximum atomic E-state index is 12.2. The Hall–Kier alpha value is -2.72. The zero-order valence-corrected chi connectivity index (χ0v) is 13.7. The first-order chi connectivity index (χ1) is 11.5. The minimum atomic E-state index is -1.27. The Kier molecular flexibility index (Phi) is 5.66. The molecule has 1 unspecified atom stereocenters. The van der Waals surface area contributed by atoms with E-state index in [1.54, 1.807) is 6.07 Å². The summed E-state index contributed by atoms with van der Waals surface area (Å²) in [5, 5.41) is 12.4. The van der Waals surface area contributed by atoms with Crippen LogP contribution >= 0.6 is 11.6 Å². The van der Waals surface area contributed by atoms with Crippen LogP contribution in [0.25, 0.3) is 10.9 Å². The number of nitrogens with zero attached hydrogens (tertiary/aromatic N) is 2. The number of H-pyrrole nitrogens is 1. The van der Waals surface area contributed by atoms with Crippen LogP contribution in [0, 0.1) is 11.3 Å². The summed E-state index contributed by atoms with van der Waals surface area (Å²) in [6.07, 6.45) is 0.954. The number of fused-ring (bicyclic) bond motifs is 1. The Morgan fingerprint density at radius 2 is 2.21 bits per heavy atom. The molecule has 0 bridgehead atoms. The van der Waals surface area contributed by atoms with Gasteiger partial charge in [0.2, 0.25) is 5.91 Å². The number of benzene rings is 1. The first kappa shape index (κ1) is 17.6. The van der Waals surface area contributed by atoms with Crippen LogP contribution < -0.4 is 10.9 Å². The smallest absolute Gasteiger partial charge is 0.258 e. The maximum absolute atomic E-state index is 12.2. The lowest BCUT2D eigenvalue weighted by Crippen LogP contribution is -2.32. The Labute approximate surface area is 142 Å². The molecule has 0 aliphatic rings. The van der Waals surface area contributed by atoms with Crippen molar-refractivity contribution in [3.63, 3.8) is 0 Å². The number of amides is 1. The average molecular weight is 347 g/mol. The molecule has 0 saturated carbocycles. The lowest BCUT2D eigenvalue weighted by Gasteiger charge is -2.09. The van der Waals surface area contributed by atoms with Crippen molar-refractivity contribution in [3.8, 4) is 6.07 Å². The lowest BCUT2D eigenvalue weighted by atomic mass is 10.0. The SMILES string of the molecule is CCCC(=O)NCC(=O)C(C#N)c1nc2cc(Cl)ccc2c(=O)[nH]1. The Morgan fingerprint density at radius 1 is 1.46 bits per heavy atom. The van der Waals surface area contributed by atoms with Gasteiger partial charge in [-0.25, -0.2) is 4.98 Å². The molecule has 0 fully saturated rings. The summed E-state index contributed by atoms with van der Waals surface area (Å²) >= 11 is 5.88. The molecule has 0 saturated heterocycles. The van der Waals surface area contributed by atoms with Crippen LogP contribution in [0.3, 0.4) is 0 Å². The second-order valence-corrected chi connectivity index (χ2v) is 5.60. The van der Waals surface area contributed by atoms with E-state index in [2.05, 4.69) is 15.3 Å². The van der Waals surface area contributed by atoms with Crippen LogP contribution in [0.4, 0.5) is 0 Å². The van der Waals surface area contributed by atoms with Gasteiger partial charge in [-0.15, -0.1) is 0 Å². The van der Waals surface area contributed by atoms with Crippen molar-refractivity contribution in [2.75, 3.05) is 6.54 Å². The number of carbonyl (C=O) groups excluding carboxylic acids is 2. The molecule has 0 spiro atoms. The molecule has 1 heterocycles. The number of Topliss-reactive ketones (excluding diaryl/α,β-unsaturated/α-hetero) is 1. The van der Waals surface area contributed by atoms with Crippen LogP contribution in [-0.4, -0.2) is 28.2 Å². The fourth-order valence-electron chi connectivity index (χ4n) is 2.16. The van der Waals surface area contributed by atoms with Gasteiger partial charge in [0.25, 0.3) is 5.56 Å². The summed E-state index contributed by atoms with van der Waals surface area (Å²) in [7, 11) is 0. The van der Waals surface area contributed by atoms with E-state index in [1.165, 1.54) is 12.1 Å². The van der Waals surface area contributed by atoms with Gasteiger partial charge in [-0.3, -0.25) is 14.4 Å². The fourth-order valence-corrected chi connectivity index (χ4v) is 2.32. The van der Waals surface area contributed by atoms with Gasteiger partial charge in [-0.05, 0) is 24.6 Å². The van der Waals surface area contributed by atoms with Crippen molar-refractivity contribution in [1.82, 2.24) is 15.3 Å². The number of hydrogen-bond donors (Lipinski definition) is 2. The van der Waals surface area contributed by atoms with E-state index in [9.17, 15) is 19.6 Å². The zero-order valence-electron chi connectivity index (χ0n) is 12.9. The highest BCUT2D eigenvalue weighted by Crippen LogP contribution is 2.17. The second kappa shape index (κ2) is 7.70. The van der Waals surface area contributed by atoms with Gasteiger partial charge in [-0.2, -0.15) is 5.26 Å². The van der Waals surface area contributed by atoms with Gasteiger partial charge in [0.15, 0.2) is 11.7 Å². The highest BCUT2D eigenvalue weighted by atomic mass is 35.5. The Morgan fingerprint density at radius 3 is 2.88 bits per heavy atom. The minimum absolute atomic E-state index is 0.0630. The third kappa shape index (κ3) is 3.97. The molecule has 1 atom stereocenters. The molecule has 7 nitrogen and oxygen atoms in total. The molecule has 1 amide bonds. The van der Waals surface area contributed by atoms with Gasteiger partial charge in [0.1, 0.15) is 5.82 Å². The number of nitriles is 1. The van der Waals surface area contributed by atoms with E-state index in [0.717, 1.165) is 0 Å². The van der Waals surface area contributed by atoms with Crippen molar-refractivity contribution in [2.24, 2.45) is 0 Å². The first-order valence-corrected chi connectivity index (χ1v) is 7.72. The third-order valence-electron chi connectivity index (χ3n) is 3.35. The van der Waals surface area contributed by atoms with Gasteiger partial charge in [0.05, 0.1) is 23.5 Å². The molecule has 1 aromatic heterocycles. The number of aromatic amines is 1. The van der Waals surface area contributed by atoms with Crippen LogP contribution in [-0.2, 0) is 9.59 Å². The number of hydrogen-bond acceptors (Lipinski definition) is 5. The highest BCUT2D eigenvalue weighted by Gasteiger charge is 2.23. The monoisotopic (exact) mass is 346 g/mol. The van der Waals surface area contributed by atoms with E-state index in [4.69, 9.17) is 11.6 Å². The number of nitrogens with one attached hydrogen (secondary N) is 2. The summed E-state index contributed by atoms with van der Waals surface area (Å²) in [5.74, 6) is -2.16. The lowest BCUT2D eigenvalue weighted by molar-refractivity contribution is -0.125. The summed E-state index contributed by atoms with van der Waals surface area (Å²) in [6.45, 7) is 1.54. The van der Waals surface area contributed by atoms with Gasteiger partial charge in [0, 0.05) is 11.4 Å². The molecule has 2 N–H and O–H groups in total. The second-order valence-electron chi connectivity index (χ2n) is 5.17. The van der Waals surface area contributed by atoms with E-state index in [1.807, 2.05) is 13.0 Å². The van der Waals surface area contributed by atoms with Crippen molar-refractivity contribution in [1.29, 1.82) is 5.26 Å². The standard InChI is InChI=1S/C16H15ClN4O3/c1-2-3-14(23)19-8-13(22)11(7-18)15-20-12-6-9(17)4-5-10(12)16(24)21-15/h4-6,11H,2-3,8H2,1H3,(H,19,23)(H,20,21,24). The summed E-state index contributed by atoms with van der Waals surface area (Å²) < 4.78 is 0. The van der Waals surface area contributed by atoms with Crippen molar-refractivity contribution in [3.05, 3.63) is 39.4 Å². The number of halogens is 1. The minimum Gasteiger partial charge on any atom is -0.349 e. The third-order valence-corrected chi connectivity index (χ3v) is 3.58. The van der Waals surface area contributed by atoms with Crippen molar-refractivity contribution < 1.29 is 9.59 Å².